The predicted molar refractivity (Wildman–Crippen MR) is 143 cm³/mol. The molecule has 3 atom stereocenters. The molecule has 3 aromatic rings. The lowest BCUT2D eigenvalue weighted by Crippen LogP contribution is -2.50. The van der Waals surface area contributed by atoms with Crippen LogP contribution in [0.25, 0.3) is 0 Å². The average Bonchev–Trinajstić information content (AvgIpc) is 3.24. The van der Waals surface area contributed by atoms with E-state index in [9.17, 15) is 14.4 Å². The molecule has 2 aliphatic rings. The highest BCUT2D eigenvalue weighted by molar-refractivity contribution is 7.10. The number of ether oxygens (including phenoxy) is 1. The van der Waals surface area contributed by atoms with Gasteiger partial charge in [-0.05, 0) is 60.7 Å². The number of fused-ring (bicyclic) bond motifs is 1. The highest BCUT2D eigenvalue weighted by Crippen LogP contribution is 2.59. The van der Waals surface area contributed by atoms with E-state index >= 15 is 0 Å². The fourth-order valence-electron chi connectivity index (χ4n) is 4.93. The van der Waals surface area contributed by atoms with Gasteiger partial charge < -0.3 is 25.6 Å². The SMILES string of the molecule is C[C@@]12C[C@@H]1N(C(=O)CN(C=O)c1ccc(Oc3cccnc3)cc1)[C@H](C(=O)NCc1cc(C(=N)N)cs1)C2. The Morgan fingerprint density at radius 1 is 1.29 bits per heavy atom. The largest absolute Gasteiger partial charge is 0.456 e. The highest BCUT2D eigenvalue weighted by Gasteiger charge is 2.64. The van der Waals surface area contributed by atoms with Gasteiger partial charge in [0, 0.05) is 33.7 Å². The van der Waals surface area contributed by atoms with E-state index in [-0.39, 0.29) is 35.7 Å². The lowest BCUT2D eigenvalue weighted by molar-refractivity contribution is -0.139. The number of amidine groups is 1. The fourth-order valence-corrected chi connectivity index (χ4v) is 5.76. The molecular formula is C27H28N6O4S. The van der Waals surface area contributed by atoms with Crippen LogP contribution in [0.1, 0.15) is 30.2 Å². The molecule has 1 aromatic carbocycles. The summed E-state index contributed by atoms with van der Waals surface area (Å²) in [5.41, 5.74) is 6.61. The molecule has 10 nitrogen and oxygen atoms in total. The molecule has 2 aromatic heterocycles. The van der Waals surface area contributed by atoms with Crippen molar-refractivity contribution in [2.45, 2.75) is 38.4 Å². The summed E-state index contributed by atoms with van der Waals surface area (Å²) in [5, 5.41) is 12.2. The van der Waals surface area contributed by atoms with E-state index in [0.29, 0.717) is 42.1 Å². The number of aromatic nitrogens is 1. The number of carbonyl (C=O) groups excluding carboxylic acids is 3. The van der Waals surface area contributed by atoms with E-state index in [4.69, 9.17) is 15.9 Å². The van der Waals surface area contributed by atoms with Crippen molar-refractivity contribution >= 4 is 41.1 Å². The minimum absolute atomic E-state index is 0.0134. The van der Waals surface area contributed by atoms with Crippen LogP contribution in [-0.2, 0) is 20.9 Å². The van der Waals surface area contributed by atoms with Crippen LogP contribution >= 0.6 is 11.3 Å². The predicted octanol–water partition coefficient (Wildman–Crippen LogP) is 2.88. The summed E-state index contributed by atoms with van der Waals surface area (Å²) in [6, 6.07) is 11.6. The van der Waals surface area contributed by atoms with Crippen LogP contribution in [0.15, 0.2) is 60.2 Å². The Morgan fingerprint density at radius 3 is 2.74 bits per heavy atom. The molecule has 0 unspecified atom stereocenters. The maximum Gasteiger partial charge on any atom is 0.243 e. The smallest absolute Gasteiger partial charge is 0.243 e. The number of carbonyl (C=O) groups is 3. The minimum Gasteiger partial charge on any atom is -0.456 e. The number of thiophene rings is 1. The Bertz CT molecular complexity index is 1360. The van der Waals surface area contributed by atoms with Gasteiger partial charge in [0.25, 0.3) is 0 Å². The van der Waals surface area contributed by atoms with Crippen molar-refractivity contribution in [3.63, 3.8) is 0 Å². The van der Waals surface area contributed by atoms with Gasteiger partial charge in [0.1, 0.15) is 29.9 Å². The van der Waals surface area contributed by atoms with Crippen molar-refractivity contribution in [2.24, 2.45) is 11.1 Å². The number of hydrogen-bond acceptors (Lipinski definition) is 7. The summed E-state index contributed by atoms with van der Waals surface area (Å²) in [5.74, 6) is 0.653. The number of nitrogens with two attached hydrogens (primary N) is 1. The lowest BCUT2D eigenvalue weighted by atomic mass is 10.0. The molecule has 1 saturated heterocycles. The van der Waals surface area contributed by atoms with Gasteiger partial charge in [0.05, 0.1) is 12.7 Å². The van der Waals surface area contributed by atoms with E-state index in [1.165, 1.54) is 16.2 Å². The number of amides is 3. The van der Waals surface area contributed by atoms with Gasteiger partial charge in [0.15, 0.2) is 0 Å². The Morgan fingerprint density at radius 2 is 2.08 bits per heavy atom. The van der Waals surface area contributed by atoms with Gasteiger partial charge >= 0.3 is 0 Å². The number of anilines is 1. The number of benzene rings is 1. The first-order valence-corrected chi connectivity index (χ1v) is 13.1. The van der Waals surface area contributed by atoms with Gasteiger partial charge in [0.2, 0.25) is 18.2 Å². The number of piperidine rings is 1. The molecule has 196 valence electrons. The van der Waals surface area contributed by atoms with E-state index in [1.54, 1.807) is 65.1 Å². The standard InChI is InChI=1S/C27H28N6O4S/c1-27-10-22(26(36)31-13-21-9-17(15-38-21)25(28)29)33(23(27)11-27)24(35)14-32(16-34)18-4-6-19(7-5-18)37-20-3-2-8-30-12-20/h2-9,12,15-16,22-23H,10-11,13-14H2,1H3,(H3,28,29)(H,31,36)/t22-,23-,27+/m0/s1. The Balaban J connectivity index is 1.23. The first kappa shape index (κ1) is 25.4. The van der Waals surface area contributed by atoms with E-state index in [2.05, 4.69) is 17.2 Å². The third-order valence-corrected chi connectivity index (χ3v) is 8.04. The first-order valence-electron chi connectivity index (χ1n) is 12.2. The van der Waals surface area contributed by atoms with Crippen LogP contribution in [0.2, 0.25) is 0 Å². The number of nitrogens with one attached hydrogen (secondary N) is 2. The van der Waals surface area contributed by atoms with E-state index in [0.717, 1.165) is 11.3 Å². The molecule has 3 heterocycles. The molecule has 4 N–H and O–H groups in total. The molecule has 1 aliphatic carbocycles. The highest BCUT2D eigenvalue weighted by atomic mass is 32.1. The molecule has 5 rings (SSSR count). The van der Waals surface area contributed by atoms with Crippen molar-refractivity contribution < 1.29 is 19.1 Å². The fraction of sp³-hybridized carbons (Fsp3) is 0.296. The second-order valence-electron chi connectivity index (χ2n) is 9.85. The monoisotopic (exact) mass is 532 g/mol. The van der Waals surface area contributed by atoms with Crippen LogP contribution in [0, 0.1) is 10.8 Å². The van der Waals surface area contributed by atoms with Gasteiger partial charge in [-0.2, -0.15) is 0 Å². The zero-order chi connectivity index (χ0) is 26.9. The number of rotatable bonds is 10. The molecule has 1 saturated carbocycles. The Kier molecular flexibility index (Phi) is 6.85. The second-order valence-corrected chi connectivity index (χ2v) is 10.8. The molecule has 1 aliphatic heterocycles. The summed E-state index contributed by atoms with van der Waals surface area (Å²) in [7, 11) is 0. The molecule has 38 heavy (non-hydrogen) atoms. The van der Waals surface area contributed by atoms with Crippen molar-refractivity contribution in [2.75, 3.05) is 11.4 Å². The summed E-state index contributed by atoms with van der Waals surface area (Å²) < 4.78 is 5.74. The van der Waals surface area contributed by atoms with Crippen molar-refractivity contribution in [3.05, 3.63) is 70.7 Å². The summed E-state index contributed by atoms with van der Waals surface area (Å²) in [4.78, 5) is 46.3. The maximum absolute atomic E-state index is 13.4. The zero-order valence-electron chi connectivity index (χ0n) is 20.8. The van der Waals surface area contributed by atoms with E-state index < -0.39 is 6.04 Å². The number of likely N-dealkylation sites (tertiary alicyclic amines) is 1. The zero-order valence-corrected chi connectivity index (χ0v) is 21.6. The molecule has 2 fully saturated rings. The van der Waals surface area contributed by atoms with Crippen LogP contribution in [0.3, 0.4) is 0 Å². The first-order chi connectivity index (χ1) is 18.3. The lowest BCUT2D eigenvalue weighted by Gasteiger charge is -2.29. The van der Waals surface area contributed by atoms with Crippen LogP contribution in [0.4, 0.5) is 5.69 Å². The van der Waals surface area contributed by atoms with Crippen LogP contribution in [-0.4, -0.2) is 52.6 Å². The second kappa shape index (κ2) is 10.3. The number of hydrogen-bond donors (Lipinski definition) is 3. The summed E-state index contributed by atoms with van der Waals surface area (Å²) >= 11 is 1.41. The van der Waals surface area contributed by atoms with E-state index in [1.807, 2.05) is 0 Å². The van der Waals surface area contributed by atoms with Gasteiger partial charge in [-0.15, -0.1) is 11.3 Å². The number of nitrogen functional groups attached to an aromatic ring is 1. The molecular weight excluding hydrogens is 504 g/mol. The molecule has 3 amide bonds. The molecule has 0 spiro atoms. The normalized spacial score (nSPS) is 21.3. The van der Waals surface area contributed by atoms with Crippen molar-refractivity contribution in [3.8, 4) is 11.5 Å². The number of nitrogens with zero attached hydrogens (tertiary/aromatic N) is 3. The topological polar surface area (TPSA) is 142 Å². The molecule has 0 radical (unpaired) electrons. The summed E-state index contributed by atoms with van der Waals surface area (Å²) in [6.45, 7) is 2.21. The third kappa shape index (κ3) is 5.23. The Labute approximate surface area is 223 Å². The van der Waals surface area contributed by atoms with Gasteiger partial charge in [-0.25, -0.2) is 0 Å². The summed E-state index contributed by atoms with van der Waals surface area (Å²) in [6.07, 6.45) is 5.30. The van der Waals surface area contributed by atoms with Gasteiger partial charge in [-0.1, -0.05) is 6.92 Å². The molecule has 11 heteroatoms. The van der Waals surface area contributed by atoms with Gasteiger partial charge in [-0.3, -0.25) is 24.8 Å². The third-order valence-electron chi connectivity index (χ3n) is 7.10. The van der Waals surface area contributed by atoms with Crippen molar-refractivity contribution in [1.82, 2.24) is 15.2 Å². The molecule has 0 bridgehead atoms. The van der Waals surface area contributed by atoms with Crippen LogP contribution < -0.4 is 20.7 Å². The maximum atomic E-state index is 13.4. The Hall–Kier alpha value is -4.25. The van der Waals surface area contributed by atoms with Crippen molar-refractivity contribution in [1.29, 1.82) is 5.41 Å². The minimum atomic E-state index is -0.595. The number of pyridine rings is 1. The average molecular weight is 533 g/mol. The van der Waals surface area contributed by atoms with Crippen LogP contribution in [0.5, 0.6) is 11.5 Å². The quantitative estimate of drug-likeness (QED) is 0.208.